The molecule has 0 radical (unpaired) electrons. The monoisotopic (exact) mass is 338 g/mol. The van der Waals surface area contributed by atoms with Crippen LogP contribution in [0.2, 0.25) is 0 Å². The van der Waals surface area contributed by atoms with Gasteiger partial charge in [0.05, 0.1) is 5.56 Å². The van der Waals surface area contributed by atoms with Crippen molar-refractivity contribution in [3.8, 4) is 0 Å². The Bertz CT molecular complexity index is 928. The Morgan fingerprint density at radius 2 is 2.08 bits per heavy atom. The molecule has 5 nitrogen and oxygen atoms in total. The molecule has 0 aliphatic carbocycles. The summed E-state index contributed by atoms with van der Waals surface area (Å²) in [6.07, 6.45) is 5.48. The Labute approximate surface area is 144 Å². The van der Waals surface area contributed by atoms with Crippen LogP contribution in [0, 0.1) is 5.82 Å². The first-order valence-corrected chi connectivity index (χ1v) is 8.40. The summed E-state index contributed by atoms with van der Waals surface area (Å²) in [6.45, 7) is 1.22. The van der Waals surface area contributed by atoms with Crippen LogP contribution in [0.15, 0.2) is 42.7 Å². The van der Waals surface area contributed by atoms with Gasteiger partial charge in [0.2, 0.25) is 0 Å². The Morgan fingerprint density at radius 1 is 1.28 bits per heavy atom. The van der Waals surface area contributed by atoms with E-state index in [1.807, 2.05) is 12.3 Å². The molecular weight excluding hydrogens is 319 g/mol. The average Bonchev–Trinajstić information content (AvgIpc) is 3.05. The maximum Gasteiger partial charge on any atom is 0.256 e. The van der Waals surface area contributed by atoms with Crippen molar-refractivity contribution in [2.75, 3.05) is 18.8 Å². The smallest absolute Gasteiger partial charge is 0.256 e. The number of halogens is 1. The van der Waals surface area contributed by atoms with Crippen molar-refractivity contribution in [2.24, 2.45) is 0 Å². The summed E-state index contributed by atoms with van der Waals surface area (Å²) in [5.41, 5.74) is 8.09. The average molecular weight is 338 g/mol. The Morgan fingerprint density at radius 3 is 2.84 bits per heavy atom. The van der Waals surface area contributed by atoms with Crippen molar-refractivity contribution in [3.63, 3.8) is 0 Å². The molecule has 3 N–H and O–H groups in total. The van der Waals surface area contributed by atoms with Crippen LogP contribution in [0.4, 0.5) is 10.1 Å². The van der Waals surface area contributed by atoms with Gasteiger partial charge in [0.15, 0.2) is 0 Å². The van der Waals surface area contributed by atoms with Crippen molar-refractivity contribution in [1.82, 2.24) is 14.9 Å². The van der Waals surface area contributed by atoms with Crippen LogP contribution in [0.3, 0.4) is 0 Å². The predicted molar refractivity (Wildman–Crippen MR) is 94.8 cm³/mol. The number of likely N-dealkylation sites (tertiary alicyclic amines) is 1. The molecule has 1 saturated heterocycles. The van der Waals surface area contributed by atoms with Crippen molar-refractivity contribution in [1.29, 1.82) is 0 Å². The zero-order valence-electron chi connectivity index (χ0n) is 13.7. The molecule has 1 amide bonds. The molecule has 1 aliphatic rings. The van der Waals surface area contributed by atoms with Crippen LogP contribution in [0.5, 0.6) is 0 Å². The summed E-state index contributed by atoms with van der Waals surface area (Å²) in [5.74, 6) is -0.454. The number of pyridine rings is 1. The summed E-state index contributed by atoms with van der Waals surface area (Å²) in [5, 5.41) is 1.14. The first-order valence-electron chi connectivity index (χ1n) is 8.40. The molecule has 0 spiro atoms. The summed E-state index contributed by atoms with van der Waals surface area (Å²) < 4.78 is 14.0. The van der Waals surface area contributed by atoms with E-state index in [9.17, 15) is 9.18 Å². The van der Waals surface area contributed by atoms with Crippen LogP contribution in [0.1, 0.15) is 34.7 Å². The molecular formula is C19H19FN4O. The molecule has 6 heteroatoms. The number of H-pyrrole nitrogens is 1. The highest BCUT2D eigenvalue weighted by atomic mass is 19.1. The number of rotatable bonds is 2. The fourth-order valence-corrected chi connectivity index (χ4v) is 3.58. The Kier molecular flexibility index (Phi) is 3.87. The number of nitrogens with one attached hydrogen (secondary N) is 1. The van der Waals surface area contributed by atoms with E-state index in [0.29, 0.717) is 24.7 Å². The van der Waals surface area contributed by atoms with E-state index < -0.39 is 5.82 Å². The number of aromatic amines is 1. The molecule has 0 bridgehead atoms. The number of piperidine rings is 1. The fraction of sp³-hybridized carbons (Fsp3) is 0.263. The van der Waals surface area contributed by atoms with Gasteiger partial charge in [-0.2, -0.15) is 0 Å². The summed E-state index contributed by atoms with van der Waals surface area (Å²) >= 11 is 0. The number of nitrogens with two attached hydrogens (primary N) is 1. The second kappa shape index (κ2) is 6.20. The first-order chi connectivity index (χ1) is 12.1. The topological polar surface area (TPSA) is 75.0 Å². The third-order valence-corrected chi connectivity index (χ3v) is 4.93. The maximum absolute atomic E-state index is 14.0. The standard InChI is InChI=1S/C19H19FN4O/c20-17-10-13(21)3-4-15(17)19(25)24-8-5-12(6-9-24)16-11-23-18-14(16)2-1-7-22-18/h1-4,7,10-12H,5-6,8-9,21H2,(H,22,23). The van der Waals surface area contributed by atoms with Crippen molar-refractivity contribution in [2.45, 2.75) is 18.8 Å². The van der Waals surface area contributed by atoms with E-state index in [2.05, 4.69) is 16.0 Å². The third kappa shape index (κ3) is 2.84. The number of carbonyl (C=O) groups excluding carboxylic acids is 1. The maximum atomic E-state index is 14.0. The Hall–Kier alpha value is -2.89. The zero-order valence-corrected chi connectivity index (χ0v) is 13.7. The number of nitrogen functional groups attached to an aromatic ring is 1. The third-order valence-electron chi connectivity index (χ3n) is 4.93. The summed E-state index contributed by atoms with van der Waals surface area (Å²) in [7, 11) is 0. The number of nitrogens with zero attached hydrogens (tertiary/aromatic N) is 2. The van der Waals surface area contributed by atoms with Gasteiger partial charge in [-0.1, -0.05) is 0 Å². The van der Waals surface area contributed by atoms with E-state index in [-0.39, 0.29) is 11.5 Å². The number of amides is 1. The minimum atomic E-state index is -0.560. The zero-order chi connectivity index (χ0) is 17.4. The Balaban J connectivity index is 1.49. The number of anilines is 1. The number of hydrogen-bond donors (Lipinski definition) is 2. The van der Waals surface area contributed by atoms with Gasteiger partial charge in [0.1, 0.15) is 11.5 Å². The summed E-state index contributed by atoms with van der Waals surface area (Å²) in [6, 6.07) is 8.21. The summed E-state index contributed by atoms with van der Waals surface area (Å²) in [4.78, 5) is 21.8. The van der Waals surface area contributed by atoms with Gasteiger partial charge in [0, 0.05) is 36.6 Å². The normalized spacial score (nSPS) is 15.6. The van der Waals surface area contributed by atoms with Crippen LogP contribution in [-0.2, 0) is 0 Å². The SMILES string of the molecule is Nc1ccc(C(=O)N2CCC(c3c[nH]c4ncccc34)CC2)c(F)c1. The van der Waals surface area contributed by atoms with Crippen LogP contribution >= 0.6 is 0 Å². The lowest BCUT2D eigenvalue weighted by Gasteiger charge is -2.32. The van der Waals surface area contributed by atoms with Crippen LogP contribution in [-0.4, -0.2) is 33.9 Å². The van der Waals surface area contributed by atoms with Crippen molar-refractivity contribution < 1.29 is 9.18 Å². The molecule has 3 aromatic rings. The number of hydrogen-bond acceptors (Lipinski definition) is 3. The number of aromatic nitrogens is 2. The predicted octanol–water partition coefficient (Wildman–Crippen LogP) is 3.30. The van der Waals surface area contributed by atoms with E-state index >= 15 is 0 Å². The second-order valence-corrected chi connectivity index (χ2v) is 6.45. The molecule has 128 valence electrons. The lowest BCUT2D eigenvalue weighted by Crippen LogP contribution is -2.38. The van der Waals surface area contributed by atoms with Gasteiger partial charge in [-0.25, -0.2) is 9.37 Å². The first kappa shape index (κ1) is 15.6. The van der Waals surface area contributed by atoms with Crippen molar-refractivity contribution >= 4 is 22.6 Å². The minimum Gasteiger partial charge on any atom is -0.399 e. The van der Waals surface area contributed by atoms with Crippen molar-refractivity contribution in [3.05, 3.63) is 59.7 Å². The number of carbonyl (C=O) groups is 1. The van der Waals surface area contributed by atoms with E-state index in [0.717, 1.165) is 23.9 Å². The molecule has 3 heterocycles. The van der Waals surface area contributed by atoms with E-state index in [4.69, 9.17) is 5.73 Å². The molecule has 4 rings (SSSR count). The number of fused-ring (bicyclic) bond motifs is 1. The minimum absolute atomic E-state index is 0.0870. The highest BCUT2D eigenvalue weighted by molar-refractivity contribution is 5.95. The highest BCUT2D eigenvalue weighted by Gasteiger charge is 2.27. The van der Waals surface area contributed by atoms with Crippen LogP contribution in [0.25, 0.3) is 11.0 Å². The fourth-order valence-electron chi connectivity index (χ4n) is 3.58. The lowest BCUT2D eigenvalue weighted by atomic mass is 9.89. The van der Waals surface area contributed by atoms with E-state index in [1.54, 1.807) is 17.2 Å². The molecule has 1 fully saturated rings. The number of benzene rings is 1. The van der Waals surface area contributed by atoms with Crippen LogP contribution < -0.4 is 5.73 Å². The second-order valence-electron chi connectivity index (χ2n) is 6.45. The molecule has 0 unspecified atom stereocenters. The molecule has 25 heavy (non-hydrogen) atoms. The quantitative estimate of drug-likeness (QED) is 0.704. The molecule has 0 saturated carbocycles. The highest BCUT2D eigenvalue weighted by Crippen LogP contribution is 2.33. The van der Waals surface area contributed by atoms with Gasteiger partial charge >= 0.3 is 0 Å². The van der Waals surface area contributed by atoms with Gasteiger partial charge in [0.25, 0.3) is 5.91 Å². The molecule has 1 aliphatic heterocycles. The lowest BCUT2D eigenvalue weighted by molar-refractivity contribution is 0.0708. The largest absolute Gasteiger partial charge is 0.399 e. The van der Waals surface area contributed by atoms with Gasteiger partial charge in [-0.15, -0.1) is 0 Å². The van der Waals surface area contributed by atoms with Gasteiger partial charge in [-0.05, 0) is 54.7 Å². The van der Waals surface area contributed by atoms with Gasteiger partial charge < -0.3 is 15.6 Å². The molecule has 1 aromatic carbocycles. The van der Waals surface area contributed by atoms with Gasteiger partial charge in [-0.3, -0.25) is 4.79 Å². The van der Waals surface area contributed by atoms with E-state index in [1.165, 1.54) is 17.7 Å². The molecule has 0 atom stereocenters. The molecule has 2 aromatic heterocycles.